The standard InChI is InChI=1S/C16H27F2N3O10/c1-6(13(27)28)21-12(26)7(19)3-2-4-20-14(29)15(17,18)16(30)11(25)9(24)10(31-16)8(23)5-22/h6-11,22-25,30H,2-5,19H2,1H3,(H,20,29)(H,21,26)(H,27,28)/t6-,7-,8?,9-,10-,11+,16+/m0/s1. The lowest BCUT2D eigenvalue weighted by Crippen LogP contribution is -2.63. The van der Waals surface area contributed by atoms with Crippen molar-refractivity contribution in [1.29, 1.82) is 0 Å². The lowest BCUT2D eigenvalue weighted by atomic mass is 9.97. The number of nitrogens with one attached hydrogen (secondary N) is 2. The van der Waals surface area contributed by atoms with Crippen molar-refractivity contribution in [3.63, 3.8) is 0 Å². The first-order valence-corrected chi connectivity index (χ1v) is 9.20. The van der Waals surface area contributed by atoms with E-state index in [1.807, 2.05) is 0 Å². The number of aliphatic hydroxyl groups is 5. The minimum atomic E-state index is -4.78. The minimum Gasteiger partial charge on any atom is -0.480 e. The summed E-state index contributed by atoms with van der Waals surface area (Å²) in [5, 5.41) is 60.4. The molecule has 0 spiro atoms. The summed E-state index contributed by atoms with van der Waals surface area (Å²) in [5.74, 6) is -12.8. The van der Waals surface area contributed by atoms with Crippen LogP contribution in [-0.4, -0.2) is 110 Å². The summed E-state index contributed by atoms with van der Waals surface area (Å²) in [6.07, 6.45) is -9.03. The van der Waals surface area contributed by atoms with Crippen molar-refractivity contribution in [3.05, 3.63) is 0 Å². The molecule has 0 radical (unpaired) electrons. The van der Waals surface area contributed by atoms with E-state index in [-0.39, 0.29) is 12.8 Å². The van der Waals surface area contributed by atoms with Crippen LogP contribution in [0.15, 0.2) is 0 Å². The first-order chi connectivity index (χ1) is 14.2. The zero-order chi connectivity index (χ0) is 24.1. The Balaban J connectivity index is 2.63. The number of carboxylic acids is 1. The van der Waals surface area contributed by atoms with E-state index in [4.69, 9.17) is 15.9 Å². The van der Waals surface area contributed by atoms with E-state index in [0.717, 1.165) is 0 Å². The molecule has 2 amide bonds. The van der Waals surface area contributed by atoms with Gasteiger partial charge in [0.1, 0.15) is 30.5 Å². The van der Waals surface area contributed by atoms with E-state index in [1.54, 1.807) is 5.32 Å². The Morgan fingerprint density at radius 2 is 1.87 bits per heavy atom. The summed E-state index contributed by atoms with van der Waals surface area (Å²) in [4.78, 5) is 34.2. The number of hydrogen-bond acceptors (Lipinski definition) is 10. The Morgan fingerprint density at radius 3 is 2.39 bits per heavy atom. The summed E-state index contributed by atoms with van der Waals surface area (Å²) in [5.41, 5.74) is 5.55. The van der Waals surface area contributed by atoms with Crippen LogP contribution in [0.2, 0.25) is 0 Å². The normalized spacial score (nSPS) is 29.1. The molecule has 13 nitrogen and oxygen atoms in total. The second-order valence-corrected chi connectivity index (χ2v) is 7.11. The van der Waals surface area contributed by atoms with Crippen LogP contribution in [0.5, 0.6) is 0 Å². The molecule has 0 aromatic heterocycles. The van der Waals surface area contributed by atoms with Crippen LogP contribution in [0.4, 0.5) is 8.78 Å². The van der Waals surface area contributed by atoms with Crippen molar-refractivity contribution in [1.82, 2.24) is 10.6 Å². The van der Waals surface area contributed by atoms with E-state index in [1.165, 1.54) is 6.92 Å². The van der Waals surface area contributed by atoms with E-state index in [0.29, 0.717) is 0 Å². The molecule has 1 fully saturated rings. The molecule has 0 aromatic rings. The van der Waals surface area contributed by atoms with Crippen molar-refractivity contribution in [2.75, 3.05) is 13.2 Å². The molecule has 31 heavy (non-hydrogen) atoms. The molecule has 0 bridgehead atoms. The van der Waals surface area contributed by atoms with Gasteiger partial charge in [0, 0.05) is 6.54 Å². The lowest BCUT2D eigenvalue weighted by molar-refractivity contribution is -0.325. The molecule has 180 valence electrons. The molecule has 15 heteroatoms. The predicted octanol–water partition coefficient (Wildman–Crippen LogP) is -4.40. The van der Waals surface area contributed by atoms with Gasteiger partial charge in [-0.05, 0) is 19.8 Å². The number of halogens is 2. The smallest absolute Gasteiger partial charge is 0.379 e. The van der Waals surface area contributed by atoms with E-state index in [2.05, 4.69) is 10.1 Å². The molecule has 1 aliphatic heterocycles. The molecule has 10 N–H and O–H groups in total. The first-order valence-electron chi connectivity index (χ1n) is 9.20. The number of ether oxygens (including phenoxy) is 1. The average Bonchev–Trinajstić information content (AvgIpc) is 2.95. The van der Waals surface area contributed by atoms with Crippen molar-refractivity contribution >= 4 is 17.8 Å². The SMILES string of the molecule is C[C@H](NC(=O)[C@@H](N)CCCNC(=O)C(F)(F)[C@]1(O)O[C@@H](C(O)CO)[C@H](O)[C@H]1O)C(=O)O. The van der Waals surface area contributed by atoms with Crippen molar-refractivity contribution < 1.29 is 58.5 Å². The van der Waals surface area contributed by atoms with Gasteiger partial charge in [0.2, 0.25) is 5.91 Å². The van der Waals surface area contributed by atoms with Gasteiger partial charge in [0.15, 0.2) is 0 Å². The third kappa shape index (κ3) is 5.82. The van der Waals surface area contributed by atoms with Crippen LogP contribution in [0, 0.1) is 0 Å². The second-order valence-electron chi connectivity index (χ2n) is 7.11. The molecule has 1 unspecified atom stereocenters. The van der Waals surface area contributed by atoms with E-state index in [9.17, 15) is 43.6 Å². The Morgan fingerprint density at radius 1 is 1.29 bits per heavy atom. The van der Waals surface area contributed by atoms with Crippen molar-refractivity contribution in [2.45, 2.75) is 68.0 Å². The highest BCUT2D eigenvalue weighted by Gasteiger charge is 2.71. The van der Waals surface area contributed by atoms with Crippen molar-refractivity contribution in [2.24, 2.45) is 5.73 Å². The molecule has 0 saturated carbocycles. The van der Waals surface area contributed by atoms with Gasteiger partial charge in [-0.25, -0.2) is 0 Å². The Kier molecular flexibility index (Phi) is 9.19. The third-order valence-electron chi connectivity index (χ3n) is 4.72. The highest BCUT2D eigenvalue weighted by atomic mass is 19.3. The summed E-state index contributed by atoms with van der Waals surface area (Å²) in [6, 6.07) is -2.38. The lowest BCUT2D eigenvalue weighted by Gasteiger charge is -2.33. The van der Waals surface area contributed by atoms with Crippen LogP contribution in [0.1, 0.15) is 19.8 Å². The maximum atomic E-state index is 14.5. The first kappa shape index (κ1) is 27.0. The number of alkyl halides is 2. The maximum Gasteiger partial charge on any atom is 0.379 e. The van der Waals surface area contributed by atoms with Gasteiger partial charge in [0.25, 0.3) is 11.7 Å². The second kappa shape index (κ2) is 10.5. The predicted molar refractivity (Wildman–Crippen MR) is 95.3 cm³/mol. The molecule has 7 atom stereocenters. The van der Waals surface area contributed by atoms with Gasteiger partial charge >= 0.3 is 11.9 Å². The Hall–Kier alpha value is -2.01. The van der Waals surface area contributed by atoms with Crippen LogP contribution in [-0.2, 0) is 19.1 Å². The monoisotopic (exact) mass is 459 g/mol. The van der Waals surface area contributed by atoms with E-state index < -0.39 is 79.1 Å². The van der Waals surface area contributed by atoms with Crippen LogP contribution >= 0.6 is 0 Å². The Bertz CT molecular complexity index is 670. The van der Waals surface area contributed by atoms with Crippen LogP contribution in [0.3, 0.4) is 0 Å². The van der Waals surface area contributed by atoms with Gasteiger partial charge in [-0.1, -0.05) is 0 Å². The van der Waals surface area contributed by atoms with Crippen LogP contribution in [0.25, 0.3) is 0 Å². The molecule has 0 aliphatic carbocycles. The molecule has 0 aromatic carbocycles. The van der Waals surface area contributed by atoms with Crippen LogP contribution < -0.4 is 16.4 Å². The maximum absolute atomic E-state index is 14.5. The summed E-state index contributed by atoms with van der Waals surface area (Å²) >= 11 is 0. The number of aliphatic carboxylic acids is 1. The number of hydrogen-bond donors (Lipinski definition) is 9. The molecule has 1 aliphatic rings. The van der Waals surface area contributed by atoms with Gasteiger partial charge in [0.05, 0.1) is 12.6 Å². The number of nitrogens with two attached hydrogens (primary N) is 1. The molecular formula is C16H27F2N3O10. The highest BCUT2D eigenvalue weighted by Crippen LogP contribution is 2.42. The number of aliphatic hydroxyl groups excluding tert-OH is 4. The molecule has 1 rings (SSSR count). The quantitative estimate of drug-likeness (QED) is 0.134. The zero-order valence-electron chi connectivity index (χ0n) is 16.4. The van der Waals surface area contributed by atoms with Gasteiger partial charge in [-0.2, -0.15) is 8.78 Å². The average molecular weight is 459 g/mol. The summed E-state index contributed by atoms with van der Waals surface area (Å²) in [7, 11) is 0. The number of carbonyl (C=O) groups excluding carboxylic acids is 2. The van der Waals surface area contributed by atoms with Crippen molar-refractivity contribution in [3.8, 4) is 0 Å². The number of rotatable bonds is 11. The molecule has 1 heterocycles. The third-order valence-corrected chi connectivity index (χ3v) is 4.72. The number of carbonyl (C=O) groups is 3. The number of carboxylic acid groups (broad SMARTS) is 1. The molecule has 1 saturated heterocycles. The Labute approximate surface area is 174 Å². The fourth-order valence-corrected chi connectivity index (χ4v) is 2.74. The van der Waals surface area contributed by atoms with Gasteiger partial charge in [-0.3, -0.25) is 14.4 Å². The summed E-state index contributed by atoms with van der Waals surface area (Å²) in [6.45, 7) is -0.275. The van der Waals surface area contributed by atoms with Gasteiger partial charge < -0.3 is 51.7 Å². The number of amides is 2. The molecular weight excluding hydrogens is 432 g/mol. The summed E-state index contributed by atoms with van der Waals surface area (Å²) < 4.78 is 33.4. The minimum absolute atomic E-state index is 0.0891. The topological polar surface area (TPSA) is 232 Å². The fourth-order valence-electron chi connectivity index (χ4n) is 2.74. The van der Waals surface area contributed by atoms with E-state index >= 15 is 0 Å². The fraction of sp³-hybridized carbons (Fsp3) is 0.812. The largest absolute Gasteiger partial charge is 0.480 e. The zero-order valence-corrected chi connectivity index (χ0v) is 16.4. The van der Waals surface area contributed by atoms with Gasteiger partial charge in [-0.15, -0.1) is 0 Å². The highest BCUT2D eigenvalue weighted by molar-refractivity contribution is 5.86.